The smallest absolute Gasteiger partial charge is 0.242 e. The molecule has 0 radical (unpaired) electrons. The number of rotatable bonds is 3. The lowest BCUT2D eigenvalue weighted by molar-refractivity contribution is -0.142. The molecule has 5 nitrogen and oxygen atoms in total. The van der Waals surface area contributed by atoms with Gasteiger partial charge in [0.1, 0.15) is 0 Å². The predicted molar refractivity (Wildman–Crippen MR) is 140 cm³/mol. The summed E-state index contributed by atoms with van der Waals surface area (Å²) in [6.07, 6.45) is 8.07. The highest BCUT2D eigenvalue weighted by atomic mass is 79.9. The van der Waals surface area contributed by atoms with Gasteiger partial charge in [-0.05, 0) is 95.3 Å². The van der Waals surface area contributed by atoms with E-state index in [0.717, 1.165) is 58.2 Å². The zero-order chi connectivity index (χ0) is 23.8. The van der Waals surface area contributed by atoms with E-state index in [1.165, 1.54) is 16.7 Å². The van der Waals surface area contributed by atoms with Crippen LogP contribution in [0.1, 0.15) is 60.4 Å². The van der Waals surface area contributed by atoms with E-state index in [1.54, 1.807) is 4.90 Å². The predicted octanol–water partition coefficient (Wildman–Crippen LogP) is 5.74. The molecule has 1 aromatic heterocycles. The van der Waals surface area contributed by atoms with Gasteiger partial charge in [0, 0.05) is 52.1 Å². The van der Waals surface area contributed by atoms with Gasteiger partial charge in [0.2, 0.25) is 11.8 Å². The van der Waals surface area contributed by atoms with E-state index in [9.17, 15) is 9.59 Å². The van der Waals surface area contributed by atoms with Crippen LogP contribution in [-0.2, 0) is 22.4 Å². The maximum absolute atomic E-state index is 13.0. The number of carbonyl (C=O) groups is 2. The molecule has 2 amide bonds. The Hall–Kier alpha value is -1.44. The van der Waals surface area contributed by atoms with Crippen molar-refractivity contribution in [1.82, 2.24) is 14.8 Å². The lowest BCUT2D eigenvalue weighted by Gasteiger charge is -2.38. The van der Waals surface area contributed by atoms with E-state index in [0.29, 0.717) is 32.0 Å². The molecule has 3 heterocycles. The topological polar surface area (TPSA) is 53.5 Å². The molecule has 2 aromatic rings. The molecule has 2 saturated heterocycles. The van der Waals surface area contributed by atoms with Crippen molar-refractivity contribution in [3.63, 3.8) is 0 Å². The fourth-order valence-electron chi connectivity index (χ4n) is 5.80. The van der Waals surface area contributed by atoms with Gasteiger partial charge in [-0.1, -0.05) is 27.5 Å². The number of benzene rings is 1. The fraction of sp³-hybridized carbons (Fsp3) is 0.500. The number of nitrogens with zero attached hydrogens (tertiary/aromatic N) is 3. The van der Waals surface area contributed by atoms with Crippen LogP contribution in [0.5, 0.6) is 0 Å². The van der Waals surface area contributed by atoms with E-state index in [2.05, 4.69) is 44.0 Å². The molecule has 34 heavy (non-hydrogen) atoms. The third-order valence-corrected chi connectivity index (χ3v) is 8.84. The molecule has 1 atom stereocenters. The van der Waals surface area contributed by atoms with Crippen molar-refractivity contribution in [1.29, 1.82) is 0 Å². The number of likely N-dealkylation sites (tertiary alicyclic amines) is 2. The quantitative estimate of drug-likeness (QED) is 0.446. The summed E-state index contributed by atoms with van der Waals surface area (Å²) in [6.45, 7) is 2.36. The lowest BCUT2D eigenvalue weighted by Crippen LogP contribution is -2.47. The summed E-state index contributed by atoms with van der Waals surface area (Å²) < 4.78 is 2.04. The molecule has 180 valence electrons. The van der Waals surface area contributed by atoms with Gasteiger partial charge in [0.15, 0.2) is 0 Å². The Morgan fingerprint density at radius 2 is 1.79 bits per heavy atom. The zero-order valence-corrected chi connectivity index (χ0v) is 23.0. The number of carbonyl (C=O) groups excluding carboxylic acids is 2. The normalized spacial score (nSPS) is 21.1. The molecule has 0 bridgehead atoms. The van der Waals surface area contributed by atoms with Gasteiger partial charge in [-0.3, -0.25) is 14.6 Å². The molecule has 0 N–H and O–H groups in total. The van der Waals surface area contributed by atoms with Gasteiger partial charge in [-0.25, -0.2) is 0 Å². The maximum atomic E-state index is 13.0. The van der Waals surface area contributed by atoms with Crippen LogP contribution >= 0.6 is 43.5 Å². The summed E-state index contributed by atoms with van der Waals surface area (Å²) in [7, 11) is 0. The number of fused-ring (bicyclic) bond motifs is 2. The van der Waals surface area contributed by atoms with Crippen molar-refractivity contribution in [2.45, 2.75) is 50.9 Å². The first-order chi connectivity index (χ1) is 16.4. The molecule has 0 spiro atoms. The molecule has 1 aliphatic carbocycles. The number of amides is 2. The van der Waals surface area contributed by atoms with Gasteiger partial charge < -0.3 is 9.80 Å². The van der Waals surface area contributed by atoms with Crippen LogP contribution in [-0.4, -0.2) is 52.8 Å². The van der Waals surface area contributed by atoms with Crippen molar-refractivity contribution in [2.24, 2.45) is 5.92 Å². The van der Waals surface area contributed by atoms with Crippen molar-refractivity contribution in [2.75, 3.05) is 26.2 Å². The third kappa shape index (κ3) is 4.93. The van der Waals surface area contributed by atoms with Crippen molar-refractivity contribution < 1.29 is 9.59 Å². The average Bonchev–Trinajstić information content (AvgIpc) is 2.97. The molecule has 2 aliphatic heterocycles. The third-order valence-electron chi connectivity index (χ3n) is 7.53. The largest absolute Gasteiger partial charge is 0.341 e. The average molecular weight is 610 g/mol. The molecule has 0 saturated carbocycles. The number of halogens is 3. The first-order valence-electron chi connectivity index (χ1n) is 12.1. The molecule has 1 aromatic carbocycles. The molecule has 5 rings (SSSR count). The molecular formula is C26H28Br2ClN3O2. The Morgan fingerprint density at radius 1 is 1.03 bits per heavy atom. The minimum atomic E-state index is 0.0744. The summed E-state index contributed by atoms with van der Waals surface area (Å²) in [5.41, 5.74) is 5.00. The standard InChI is InChI=1S/C26H28Br2ClN3O2/c27-19-11-18-5-4-17-12-20(29)13-21(28)24(17)25(26(18)30-14-19)16-6-9-31(10-7-16)23(34)15-32-8-2-1-3-22(32)33/h11-14,16,25H,1-10,15H2/t25-/m1/s1. The second-order valence-corrected chi connectivity index (χ2v) is 11.8. The summed E-state index contributed by atoms with van der Waals surface area (Å²) in [4.78, 5) is 33.7. The van der Waals surface area contributed by atoms with E-state index in [-0.39, 0.29) is 24.3 Å². The van der Waals surface area contributed by atoms with Crippen LogP contribution in [0.2, 0.25) is 5.02 Å². The van der Waals surface area contributed by atoms with Crippen LogP contribution in [0.25, 0.3) is 0 Å². The monoisotopic (exact) mass is 607 g/mol. The maximum Gasteiger partial charge on any atom is 0.242 e. The van der Waals surface area contributed by atoms with Gasteiger partial charge in [0.25, 0.3) is 0 Å². The Kier molecular flexibility index (Phi) is 7.33. The van der Waals surface area contributed by atoms with Crippen molar-refractivity contribution >= 4 is 55.3 Å². The Labute approximate surface area is 222 Å². The zero-order valence-electron chi connectivity index (χ0n) is 19.0. The SMILES string of the molecule is O=C(CN1CCCCC1=O)N1CCC([C@H]2c3ncc(Br)cc3CCc3cc(Cl)cc(Br)c32)CC1. The number of hydrogen-bond donors (Lipinski definition) is 0. The van der Waals surface area contributed by atoms with Gasteiger partial charge in [0.05, 0.1) is 12.2 Å². The van der Waals surface area contributed by atoms with Crippen LogP contribution in [0.4, 0.5) is 0 Å². The first kappa shape index (κ1) is 24.3. The molecule has 2 fully saturated rings. The Balaban J connectivity index is 1.38. The lowest BCUT2D eigenvalue weighted by atomic mass is 9.76. The Bertz CT molecular complexity index is 1120. The van der Waals surface area contributed by atoms with E-state index in [1.807, 2.05) is 17.2 Å². The minimum absolute atomic E-state index is 0.0744. The number of aryl methyl sites for hydroxylation is 2. The number of aromatic nitrogens is 1. The summed E-state index contributed by atoms with van der Waals surface area (Å²) >= 11 is 13.8. The highest BCUT2D eigenvalue weighted by Crippen LogP contribution is 2.46. The van der Waals surface area contributed by atoms with Crippen molar-refractivity contribution in [3.05, 3.63) is 60.7 Å². The number of piperidine rings is 2. The van der Waals surface area contributed by atoms with Crippen LogP contribution < -0.4 is 0 Å². The van der Waals surface area contributed by atoms with E-state index < -0.39 is 0 Å². The molecule has 3 aliphatic rings. The van der Waals surface area contributed by atoms with Crippen molar-refractivity contribution in [3.8, 4) is 0 Å². The fourth-order valence-corrected chi connectivity index (χ4v) is 7.30. The molecule has 0 unspecified atom stereocenters. The van der Waals surface area contributed by atoms with Gasteiger partial charge in [-0.15, -0.1) is 0 Å². The van der Waals surface area contributed by atoms with Crippen LogP contribution in [0.3, 0.4) is 0 Å². The summed E-state index contributed by atoms with van der Waals surface area (Å²) in [5, 5.41) is 0.747. The highest BCUT2D eigenvalue weighted by Gasteiger charge is 2.36. The summed E-state index contributed by atoms with van der Waals surface area (Å²) in [6, 6.07) is 6.29. The molecular weight excluding hydrogens is 582 g/mol. The Morgan fingerprint density at radius 3 is 2.56 bits per heavy atom. The second kappa shape index (κ2) is 10.3. The van der Waals surface area contributed by atoms with Gasteiger partial charge in [-0.2, -0.15) is 0 Å². The van der Waals surface area contributed by atoms with Crippen LogP contribution in [0, 0.1) is 5.92 Å². The second-order valence-electron chi connectivity index (χ2n) is 9.63. The van der Waals surface area contributed by atoms with E-state index in [4.69, 9.17) is 16.6 Å². The first-order valence-corrected chi connectivity index (χ1v) is 14.0. The van der Waals surface area contributed by atoms with E-state index >= 15 is 0 Å². The number of pyridine rings is 1. The highest BCUT2D eigenvalue weighted by molar-refractivity contribution is 9.10. The summed E-state index contributed by atoms with van der Waals surface area (Å²) in [5.74, 6) is 0.725. The molecule has 8 heteroatoms. The number of hydrogen-bond acceptors (Lipinski definition) is 3. The van der Waals surface area contributed by atoms with Gasteiger partial charge >= 0.3 is 0 Å². The van der Waals surface area contributed by atoms with Crippen LogP contribution in [0.15, 0.2) is 33.3 Å². The minimum Gasteiger partial charge on any atom is -0.341 e.